The van der Waals surface area contributed by atoms with Gasteiger partial charge in [-0.05, 0) is 73.5 Å². The van der Waals surface area contributed by atoms with Crippen LogP contribution in [0.15, 0.2) is 82.7 Å². The number of rotatable bonds is 15. The van der Waals surface area contributed by atoms with E-state index in [9.17, 15) is 9.59 Å². The van der Waals surface area contributed by atoms with Gasteiger partial charge < -0.3 is 14.4 Å². The Morgan fingerprint density at radius 3 is 2.09 bits per heavy atom. The maximum Gasteiger partial charge on any atom is 0.277 e. The predicted molar refractivity (Wildman–Crippen MR) is 190 cm³/mol. The number of aromatic nitrogens is 2. The summed E-state index contributed by atoms with van der Waals surface area (Å²) in [5, 5.41) is 0.637. The van der Waals surface area contributed by atoms with Crippen LogP contribution in [0, 0.1) is 6.92 Å². The quantitative estimate of drug-likeness (QED) is 0.101. The number of aryl methyl sites for hydroxylation is 2. The lowest BCUT2D eigenvalue weighted by Crippen LogP contribution is -2.40. The normalized spacial score (nSPS) is 12.5. The number of hydrogen-bond acceptors (Lipinski definition) is 5. The van der Waals surface area contributed by atoms with Gasteiger partial charge in [-0.3, -0.25) is 9.59 Å². The SMILES string of the molecule is CCCc1ccc(-c2ccc(CN(CCN(CC)CC)C(=O)Cn3c(SCc4ccc(C)cc4)nc(=O)c4c3CCC4)cc2)cc1. The topological polar surface area (TPSA) is 58.4 Å². The minimum atomic E-state index is -0.138. The fourth-order valence-electron chi connectivity index (χ4n) is 6.20. The average Bonchev–Trinajstić information content (AvgIpc) is 3.58. The Hall–Kier alpha value is -3.68. The number of nitrogens with zero attached hydrogens (tertiary/aromatic N) is 4. The highest BCUT2D eigenvalue weighted by Gasteiger charge is 2.25. The van der Waals surface area contributed by atoms with Crippen LogP contribution >= 0.6 is 11.8 Å². The van der Waals surface area contributed by atoms with Gasteiger partial charge in [-0.25, -0.2) is 0 Å². The van der Waals surface area contributed by atoms with Gasteiger partial charge in [0.05, 0.1) is 0 Å². The molecule has 5 rings (SSSR count). The molecule has 7 heteroatoms. The number of carbonyl (C=O) groups excluding carboxylic acids is 1. The van der Waals surface area contributed by atoms with E-state index in [1.807, 2.05) is 9.47 Å². The predicted octanol–water partition coefficient (Wildman–Crippen LogP) is 7.32. The van der Waals surface area contributed by atoms with E-state index < -0.39 is 0 Å². The Morgan fingerprint density at radius 1 is 0.826 bits per heavy atom. The number of carbonyl (C=O) groups is 1. The summed E-state index contributed by atoms with van der Waals surface area (Å²) < 4.78 is 2.04. The van der Waals surface area contributed by atoms with E-state index >= 15 is 0 Å². The van der Waals surface area contributed by atoms with E-state index in [1.54, 1.807) is 11.8 Å². The number of thioether (sulfide) groups is 1. The van der Waals surface area contributed by atoms with Gasteiger partial charge in [-0.2, -0.15) is 4.98 Å². The van der Waals surface area contributed by atoms with Crippen molar-refractivity contribution in [2.24, 2.45) is 0 Å². The molecule has 4 aromatic rings. The largest absolute Gasteiger partial charge is 0.336 e. The lowest BCUT2D eigenvalue weighted by molar-refractivity contribution is -0.132. The van der Waals surface area contributed by atoms with Crippen molar-refractivity contribution in [2.75, 3.05) is 26.2 Å². The standard InChI is InChI=1S/C39H48N4O2S/c1-5-9-30-16-20-33(21-17-30)34-22-18-31(19-23-34)26-42(25-24-41(6-2)7-3)37(44)27-43-36-11-8-10-35(36)38(45)40-39(43)46-28-32-14-12-29(4)13-15-32/h12-23H,5-11,24-28H2,1-4H3. The Labute approximate surface area is 278 Å². The number of likely N-dealkylation sites (N-methyl/N-ethyl adjacent to an activating group) is 1. The summed E-state index contributed by atoms with van der Waals surface area (Å²) in [6.45, 7) is 12.7. The molecule has 0 aliphatic heterocycles. The van der Waals surface area contributed by atoms with E-state index in [0.717, 1.165) is 68.6 Å². The molecule has 0 atom stereocenters. The Kier molecular flexibility index (Phi) is 11.9. The van der Waals surface area contributed by atoms with Gasteiger partial charge in [-0.15, -0.1) is 0 Å². The first-order valence-electron chi connectivity index (χ1n) is 16.9. The third-order valence-electron chi connectivity index (χ3n) is 9.07. The van der Waals surface area contributed by atoms with Gasteiger partial charge in [0.25, 0.3) is 5.56 Å². The second-order valence-electron chi connectivity index (χ2n) is 12.3. The van der Waals surface area contributed by atoms with Crippen molar-refractivity contribution in [3.05, 3.63) is 117 Å². The zero-order chi connectivity index (χ0) is 32.5. The van der Waals surface area contributed by atoms with Crippen LogP contribution in [-0.4, -0.2) is 51.4 Å². The molecule has 0 saturated carbocycles. The summed E-state index contributed by atoms with van der Waals surface area (Å²) in [4.78, 5) is 36.0. The van der Waals surface area contributed by atoms with Crippen LogP contribution in [0.5, 0.6) is 0 Å². The van der Waals surface area contributed by atoms with Crippen LogP contribution in [-0.2, 0) is 42.9 Å². The number of fused-ring (bicyclic) bond motifs is 1. The number of benzene rings is 3. The fraction of sp³-hybridized carbons (Fsp3) is 0.410. The van der Waals surface area contributed by atoms with Crippen molar-refractivity contribution >= 4 is 17.7 Å². The Bertz CT molecular complexity index is 1640. The van der Waals surface area contributed by atoms with Crippen LogP contribution < -0.4 is 5.56 Å². The molecule has 0 bridgehead atoms. The van der Waals surface area contributed by atoms with Crippen LogP contribution in [0.4, 0.5) is 0 Å². The zero-order valence-corrected chi connectivity index (χ0v) is 28.7. The molecule has 0 saturated heterocycles. The van der Waals surface area contributed by atoms with E-state index in [2.05, 4.69) is 110 Å². The first-order chi connectivity index (χ1) is 22.4. The maximum atomic E-state index is 14.2. The van der Waals surface area contributed by atoms with Crippen molar-refractivity contribution in [1.29, 1.82) is 0 Å². The molecule has 0 radical (unpaired) electrons. The third kappa shape index (κ3) is 8.56. The highest BCUT2D eigenvalue weighted by atomic mass is 32.2. The molecule has 1 heterocycles. The van der Waals surface area contributed by atoms with Gasteiger partial charge in [-0.1, -0.05) is 117 Å². The fourth-order valence-corrected chi connectivity index (χ4v) is 7.16. The van der Waals surface area contributed by atoms with Crippen molar-refractivity contribution in [2.45, 2.75) is 83.8 Å². The summed E-state index contributed by atoms with van der Waals surface area (Å²) in [6, 6.07) is 25.9. The molecular weight excluding hydrogens is 589 g/mol. The van der Waals surface area contributed by atoms with Crippen molar-refractivity contribution in [1.82, 2.24) is 19.4 Å². The van der Waals surface area contributed by atoms with Crippen LogP contribution in [0.25, 0.3) is 11.1 Å². The zero-order valence-electron chi connectivity index (χ0n) is 27.9. The Morgan fingerprint density at radius 2 is 1.46 bits per heavy atom. The molecule has 0 unspecified atom stereocenters. The smallest absolute Gasteiger partial charge is 0.277 e. The summed E-state index contributed by atoms with van der Waals surface area (Å²) in [7, 11) is 0. The molecule has 6 nitrogen and oxygen atoms in total. The van der Waals surface area contributed by atoms with E-state index in [0.29, 0.717) is 24.0 Å². The van der Waals surface area contributed by atoms with Gasteiger partial charge in [0.1, 0.15) is 6.54 Å². The van der Waals surface area contributed by atoms with Gasteiger partial charge in [0, 0.05) is 36.6 Å². The van der Waals surface area contributed by atoms with Crippen LogP contribution in [0.1, 0.15) is 67.1 Å². The molecule has 0 N–H and O–H groups in total. The molecule has 1 aromatic heterocycles. The average molecular weight is 637 g/mol. The van der Waals surface area contributed by atoms with Crippen LogP contribution in [0.2, 0.25) is 0 Å². The lowest BCUT2D eigenvalue weighted by Gasteiger charge is -2.28. The summed E-state index contributed by atoms with van der Waals surface area (Å²) in [6.07, 6.45) is 4.70. The molecule has 1 amide bonds. The lowest BCUT2D eigenvalue weighted by atomic mass is 10.0. The maximum absolute atomic E-state index is 14.2. The Balaban J connectivity index is 1.37. The minimum Gasteiger partial charge on any atom is -0.336 e. The van der Waals surface area contributed by atoms with Crippen LogP contribution in [0.3, 0.4) is 0 Å². The molecule has 0 spiro atoms. The highest BCUT2D eigenvalue weighted by molar-refractivity contribution is 7.98. The molecular formula is C39H48N4O2S. The molecule has 1 aliphatic rings. The first-order valence-corrected chi connectivity index (χ1v) is 17.9. The number of amides is 1. The monoisotopic (exact) mass is 636 g/mol. The summed E-state index contributed by atoms with van der Waals surface area (Å²) in [5.74, 6) is 0.749. The molecule has 242 valence electrons. The molecule has 0 fully saturated rings. The van der Waals surface area contributed by atoms with E-state index in [1.165, 1.54) is 27.8 Å². The van der Waals surface area contributed by atoms with Gasteiger partial charge >= 0.3 is 0 Å². The van der Waals surface area contributed by atoms with Crippen molar-refractivity contribution in [3.63, 3.8) is 0 Å². The minimum absolute atomic E-state index is 0.0551. The third-order valence-corrected chi connectivity index (χ3v) is 10.1. The second kappa shape index (κ2) is 16.2. The number of hydrogen-bond donors (Lipinski definition) is 0. The second-order valence-corrected chi connectivity index (χ2v) is 13.3. The molecule has 1 aliphatic carbocycles. The van der Waals surface area contributed by atoms with E-state index in [-0.39, 0.29) is 18.0 Å². The summed E-state index contributed by atoms with van der Waals surface area (Å²) in [5.41, 5.74) is 8.87. The summed E-state index contributed by atoms with van der Waals surface area (Å²) >= 11 is 1.55. The van der Waals surface area contributed by atoms with E-state index in [4.69, 9.17) is 0 Å². The first kappa shape index (κ1) is 33.7. The highest BCUT2D eigenvalue weighted by Crippen LogP contribution is 2.27. The molecule has 3 aromatic carbocycles. The van der Waals surface area contributed by atoms with Crippen molar-refractivity contribution in [3.8, 4) is 11.1 Å². The van der Waals surface area contributed by atoms with Gasteiger partial charge in [0.2, 0.25) is 5.91 Å². The van der Waals surface area contributed by atoms with Crippen molar-refractivity contribution < 1.29 is 4.79 Å². The molecule has 46 heavy (non-hydrogen) atoms. The van der Waals surface area contributed by atoms with Gasteiger partial charge in [0.15, 0.2) is 5.16 Å².